The lowest BCUT2D eigenvalue weighted by molar-refractivity contribution is -0.140. The fraction of sp³-hybridized carbons (Fsp3) is 0.167. The van der Waals surface area contributed by atoms with Crippen molar-refractivity contribution in [2.24, 2.45) is 0 Å². The summed E-state index contributed by atoms with van der Waals surface area (Å²) in [7, 11) is 0. The smallest absolute Gasteiger partial charge is 0.332 e. The van der Waals surface area contributed by atoms with Gasteiger partial charge in [0.05, 0.1) is 22.5 Å². The second kappa shape index (κ2) is 7.28. The molecular formula is C18H13BrClFN2O4. The zero-order valence-electron chi connectivity index (χ0n) is 13.9. The van der Waals surface area contributed by atoms with E-state index in [0.717, 1.165) is 25.7 Å². The molecule has 0 saturated heterocycles. The van der Waals surface area contributed by atoms with Crippen molar-refractivity contribution in [3.8, 4) is 0 Å². The van der Waals surface area contributed by atoms with Crippen molar-refractivity contribution in [3.05, 3.63) is 78.1 Å². The third-order valence-electron chi connectivity index (χ3n) is 4.21. The van der Waals surface area contributed by atoms with Crippen molar-refractivity contribution in [2.45, 2.75) is 19.5 Å². The number of carboxylic acid groups (broad SMARTS) is 1. The van der Waals surface area contributed by atoms with Crippen molar-refractivity contribution in [2.75, 3.05) is 0 Å². The van der Waals surface area contributed by atoms with Crippen LogP contribution in [0.3, 0.4) is 0 Å². The van der Waals surface area contributed by atoms with E-state index >= 15 is 0 Å². The maximum Gasteiger partial charge on any atom is 0.332 e. The van der Waals surface area contributed by atoms with E-state index in [4.69, 9.17) is 11.6 Å². The summed E-state index contributed by atoms with van der Waals surface area (Å²) in [5.41, 5.74) is -0.908. The topological polar surface area (TPSA) is 81.3 Å². The fourth-order valence-corrected chi connectivity index (χ4v) is 3.19. The van der Waals surface area contributed by atoms with Gasteiger partial charge < -0.3 is 5.11 Å². The van der Waals surface area contributed by atoms with E-state index in [9.17, 15) is 23.9 Å². The van der Waals surface area contributed by atoms with Gasteiger partial charge in [0.1, 0.15) is 11.9 Å². The van der Waals surface area contributed by atoms with Crippen molar-refractivity contribution in [3.63, 3.8) is 0 Å². The Morgan fingerprint density at radius 3 is 2.48 bits per heavy atom. The van der Waals surface area contributed by atoms with Crippen LogP contribution in [-0.2, 0) is 11.3 Å². The van der Waals surface area contributed by atoms with Crippen LogP contribution < -0.4 is 11.2 Å². The number of benzene rings is 2. The molecule has 1 atom stereocenters. The highest BCUT2D eigenvalue weighted by atomic mass is 79.9. The summed E-state index contributed by atoms with van der Waals surface area (Å²) in [6.45, 7) is 1.21. The first-order valence-corrected chi connectivity index (χ1v) is 8.99. The first-order valence-electron chi connectivity index (χ1n) is 7.82. The molecule has 140 valence electrons. The summed E-state index contributed by atoms with van der Waals surface area (Å²) in [6, 6.07) is 7.67. The van der Waals surface area contributed by atoms with Gasteiger partial charge in [-0.2, -0.15) is 0 Å². The van der Waals surface area contributed by atoms with Crippen LogP contribution in [0.2, 0.25) is 5.02 Å². The SMILES string of the molecule is CC(C(=O)O)n1c(=O)n(Cc2ccc(Br)cc2)c(=O)c2cc(F)c(Cl)cc21. The van der Waals surface area contributed by atoms with E-state index in [0.29, 0.717) is 5.56 Å². The number of carbonyl (C=O) groups is 1. The molecule has 0 saturated carbocycles. The number of hydrogen-bond acceptors (Lipinski definition) is 3. The number of fused-ring (bicyclic) bond motifs is 1. The van der Waals surface area contributed by atoms with Crippen molar-refractivity contribution >= 4 is 44.4 Å². The predicted octanol–water partition coefficient (Wildman–Crippen LogP) is 3.41. The molecule has 0 amide bonds. The predicted molar refractivity (Wildman–Crippen MR) is 103 cm³/mol. The number of nitrogens with zero attached hydrogens (tertiary/aromatic N) is 2. The molecule has 0 fully saturated rings. The number of carboxylic acids is 1. The molecule has 2 aromatic carbocycles. The number of hydrogen-bond donors (Lipinski definition) is 1. The number of aromatic nitrogens is 2. The van der Waals surface area contributed by atoms with Crippen LogP contribution in [0, 0.1) is 5.82 Å². The van der Waals surface area contributed by atoms with E-state index < -0.39 is 29.1 Å². The Balaban J connectivity index is 2.35. The lowest BCUT2D eigenvalue weighted by Crippen LogP contribution is -2.42. The Hall–Kier alpha value is -2.45. The molecule has 3 aromatic rings. The van der Waals surface area contributed by atoms with Gasteiger partial charge in [-0.25, -0.2) is 14.0 Å². The molecule has 1 unspecified atom stereocenters. The van der Waals surface area contributed by atoms with Crippen LogP contribution in [0.4, 0.5) is 4.39 Å². The van der Waals surface area contributed by atoms with Crippen molar-refractivity contribution < 1.29 is 14.3 Å². The highest BCUT2D eigenvalue weighted by Gasteiger charge is 2.23. The highest BCUT2D eigenvalue weighted by molar-refractivity contribution is 9.10. The summed E-state index contributed by atoms with van der Waals surface area (Å²) < 4.78 is 16.6. The van der Waals surface area contributed by atoms with Gasteiger partial charge in [0.2, 0.25) is 0 Å². The molecule has 1 N–H and O–H groups in total. The summed E-state index contributed by atoms with van der Waals surface area (Å²) in [5.74, 6) is -2.10. The maximum atomic E-state index is 13.9. The zero-order chi connectivity index (χ0) is 19.9. The minimum atomic E-state index is -1.28. The minimum absolute atomic E-state index is 0.0293. The van der Waals surface area contributed by atoms with Crippen LogP contribution in [0.15, 0.2) is 50.5 Å². The summed E-state index contributed by atoms with van der Waals surface area (Å²) in [6.07, 6.45) is 0. The molecule has 0 aliphatic heterocycles. The quantitative estimate of drug-likeness (QED) is 0.654. The summed E-state index contributed by atoms with van der Waals surface area (Å²) in [4.78, 5) is 37.2. The monoisotopic (exact) mass is 454 g/mol. The number of halogens is 3. The van der Waals surface area contributed by atoms with Gasteiger partial charge in [-0.15, -0.1) is 0 Å². The van der Waals surface area contributed by atoms with E-state index in [1.807, 2.05) is 0 Å². The van der Waals surface area contributed by atoms with Gasteiger partial charge in [-0.05, 0) is 36.8 Å². The van der Waals surface area contributed by atoms with Crippen molar-refractivity contribution in [1.82, 2.24) is 9.13 Å². The van der Waals surface area contributed by atoms with E-state index in [1.54, 1.807) is 24.3 Å². The Morgan fingerprint density at radius 2 is 1.89 bits per heavy atom. The highest BCUT2D eigenvalue weighted by Crippen LogP contribution is 2.22. The lowest BCUT2D eigenvalue weighted by atomic mass is 10.2. The average Bonchev–Trinajstić information content (AvgIpc) is 2.62. The molecule has 0 radical (unpaired) electrons. The Morgan fingerprint density at radius 1 is 1.26 bits per heavy atom. The van der Waals surface area contributed by atoms with Crippen LogP contribution in [0.1, 0.15) is 18.5 Å². The second-order valence-corrected chi connectivity index (χ2v) is 7.29. The van der Waals surface area contributed by atoms with Crippen LogP contribution in [0.5, 0.6) is 0 Å². The average molecular weight is 456 g/mol. The molecule has 0 aliphatic carbocycles. The molecule has 1 aromatic heterocycles. The van der Waals surface area contributed by atoms with Crippen molar-refractivity contribution in [1.29, 1.82) is 0 Å². The Bertz CT molecular complexity index is 1170. The number of rotatable bonds is 4. The standard InChI is InChI=1S/C18H13BrClFN2O4/c1-9(17(25)26)23-15-7-13(20)14(21)6-12(15)16(24)22(18(23)27)8-10-2-4-11(19)5-3-10/h2-7,9H,8H2,1H3,(H,25,26). The summed E-state index contributed by atoms with van der Waals surface area (Å²) in [5, 5.41) is 8.93. The molecule has 3 rings (SSSR count). The van der Waals surface area contributed by atoms with E-state index in [-0.39, 0.29) is 22.5 Å². The molecule has 27 heavy (non-hydrogen) atoms. The third-order valence-corrected chi connectivity index (χ3v) is 5.03. The van der Waals surface area contributed by atoms with Gasteiger partial charge >= 0.3 is 11.7 Å². The Labute approximate surface area is 165 Å². The Kier molecular flexibility index (Phi) is 5.21. The third kappa shape index (κ3) is 3.54. The van der Waals surface area contributed by atoms with Gasteiger partial charge in [-0.3, -0.25) is 13.9 Å². The van der Waals surface area contributed by atoms with Gasteiger partial charge in [0, 0.05) is 4.47 Å². The molecule has 9 heteroatoms. The lowest BCUT2D eigenvalue weighted by Gasteiger charge is -2.17. The maximum absolute atomic E-state index is 13.9. The van der Waals surface area contributed by atoms with Crippen LogP contribution >= 0.6 is 27.5 Å². The normalized spacial score (nSPS) is 12.3. The van der Waals surface area contributed by atoms with Crippen LogP contribution in [0.25, 0.3) is 10.9 Å². The largest absolute Gasteiger partial charge is 0.480 e. The molecule has 1 heterocycles. The second-order valence-electron chi connectivity index (χ2n) is 5.97. The molecule has 0 aliphatic rings. The fourth-order valence-electron chi connectivity index (χ4n) is 2.77. The molecule has 0 bridgehead atoms. The van der Waals surface area contributed by atoms with Gasteiger partial charge in [-0.1, -0.05) is 39.7 Å². The number of aliphatic carboxylic acids is 1. The molecule has 6 nitrogen and oxygen atoms in total. The zero-order valence-corrected chi connectivity index (χ0v) is 16.3. The van der Waals surface area contributed by atoms with Gasteiger partial charge in [0.25, 0.3) is 5.56 Å². The minimum Gasteiger partial charge on any atom is -0.480 e. The van der Waals surface area contributed by atoms with Gasteiger partial charge in [0.15, 0.2) is 0 Å². The first-order chi connectivity index (χ1) is 12.7. The molecular weight excluding hydrogens is 443 g/mol. The first kappa shape index (κ1) is 19.3. The van der Waals surface area contributed by atoms with E-state index in [1.165, 1.54) is 6.92 Å². The molecule has 0 spiro atoms. The van der Waals surface area contributed by atoms with Crippen LogP contribution in [-0.4, -0.2) is 20.2 Å². The summed E-state index contributed by atoms with van der Waals surface area (Å²) >= 11 is 9.08. The van der Waals surface area contributed by atoms with E-state index in [2.05, 4.69) is 15.9 Å².